The molecule has 0 radical (unpaired) electrons. The molecular weight excluding hydrogens is 410 g/mol. The van der Waals surface area contributed by atoms with Crippen molar-refractivity contribution in [2.45, 2.75) is 38.3 Å². The minimum Gasteiger partial charge on any atom is -0.447 e. The van der Waals surface area contributed by atoms with Gasteiger partial charge in [-0.1, -0.05) is 12.8 Å². The second kappa shape index (κ2) is 9.23. The van der Waals surface area contributed by atoms with Crippen LogP contribution < -0.4 is 4.90 Å². The van der Waals surface area contributed by atoms with Crippen LogP contribution in [-0.2, 0) is 11.3 Å². The van der Waals surface area contributed by atoms with Gasteiger partial charge < -0.3 is 19.1 Å². The molecular formula is C22H29N7O3. The summed E-state index contributed by atoms with van der Waals surface area (Å²) < 4.78 is 5.59. The summed E-state index contributed by atoms with van der Waals surface area (Å²) in [6, 6.07) is 2.17. The Hall–Kier alpha value is -3.01. The summed E-state index contributed by atoms with van der Waals surface area (Å²) in [5.74, 6) is 1.08. The maximum absolute atomic E-state index is 12.9. The van der Waals surface area contributed by atoms with Gasteiger partial charge in [0.25, 0.3) is 5.91 Å². The van der Waals surface area contributed by atoms with Crippen molar-refractivity contribution in [3.05, 3.63) is 36.3 Å². The fourth-order valence-electron chi connectivity index (χ4n) is 4.86. The molecule has 3 fully saturated rings. The molecule has 2 aromatic rings. The van der Waals surface area contributed by atoms with Crippen LogP contribution in [-0.4, -0.2) is 93.3 Å². The summed E-state index contributed by atoms with van der Waals surface area (Å²) in [4.78, 5) is 46.5. The molecule has 5 rings (SSSR count). The highest BCUT2D eigenvalue weighted by molar-refractivity contribution is 5.95. The lowest BCUT2D eigenvalue weighted by Gasteiger charge is -2.37. The predicted octanol–water partition coefficient (Wildman–Crippen LogP) is 1.01. The van der Waals surface area contributed by atoms with Gasteiger partial charge in [0.05, 0.1) is 6.54 Å². The normalized spacial score (nSPS) is 20.9. The zero-order chi connectivity index (χ0) is 21.9. The Balaban J connectivity index is 1.12. The van der Waals surface area contributed by atoms with E-state index in [1.165, 1.54) is 19.1 Å². The summed E-state index contributed by atoms with van der Waals surface area (Å²) in [5.41, 5.74) is 0.276. The first-order valence-electron chi connectivity index (χ1n) is 11.4. The fraction of sp³-hybridized carbons (Fsp3) is 0.591. The number of oxazole rings is 1. The van der Waals surface area contributed by atoms with Crippen LogP contribution in [0.15, 0.2) is 29.1 Å². The van der Waals surface area contributed by atoms with Crippen LogP contribution in [0, 0.1) is 0 Å². The van der Waals surface area contributed by atoms with Crippen molar-refractivity contribution in [3.8, 4) is 0 Å². The third-order valence-corrected chi connectivity index (χ3v) is 6.65. The fourth-order valence-corrected chi connectivity index (χ4v) is 4.86. The number of carbonyl (C=O) groups excluding carboxylic acids is 2. The number of rotatable bonds is 5. The Labute approximate surface area is 187 Å². The first-order chi connectivity index (χ1) is 15.7. The number of hydrogen-bond acceptors (Lipinski definition) is 8. The maximum Gasteiger partial charge on any atom is 0.276 e. The third-order valence-electron chi connectivity index (χ3n) is 6.65. The van der Waals surface area contributed by atoms with E-state index >= 15 is 0 Å². The second-order valence-corrected chi connectivity index (χ2v) is 8.69. The number of piperazine rings is 2. The Morgan fingerprint density at radius 1 is 1.03 bits per heavy atom. The van der Waals surface area contributed by atoms with Gasteiger partial charge in [-0.2, -0.15) is 0 Å². The molecule has 0 atom stereocenters. The molecule has 2 saturated heterocycles. The molecule has 0 N–H and O–H groups in total. The summed E-state index contributed by atoms with van der Waals surface area (Å²) in [6.45, 7) is 5.14. The highest BCUT2D eigenvalue weighted by atomic mass is 16.3. The summed E-state index contributed by atoms with van der Waals surface area (Å²) in [5, 5.41) is 0. The molecule has 0 bridgehead atoms. The lowest BCUT2D eigenvalue weighted by atomic mass is 10.1. The second-order valence-electron chi connectivity index (χ2n) is 8.69. The van der Waals surface area contributed by atoms with Gasteiger partial charge in [0.2, 0.25) is 17.7 Å². The lowest BCUT2D eigenvalue weighted by molar-refractivity contribution is -0.137. The molecule has 3 aliphatic rings. The summed E-state index contributed by atoms with van der Waals surface area (Å²) in [6.07, 6.45) is 9.46. The minimum atomic E-state index is -0.231. The molecule has 2 aliphatic heterocycles. The molecule has 2 aromatic heterocycles. The van der Waals surface area contributed by atoms with E-state index in [9.17, 15) is 9.59 Å². The van der Waals surface area contributed by atoms with E-state index in [0.717, 1.165) is 45.0 Å². The van der Waals surface area contributed by atoms with Gasteiger partial charge >= 0.3 is 0 Å². The monoisotopic (exact) mass is 439 g/mol. The molecule has 32 heavy (non-hydrogen) atoms. The van der Waals surface area contributed by atoms with Crippen molar-refractivity contribution in [1.29, 1.82) is 0 Å². The molecule has 0 spiro atoms. The topological polar surface area (TPSA) is 98.9 Å². The van der Waals surface area contributed by atoms with Gasteiger partial charge in [-0.25, -0.2) is 15.0 Å². The molecule has 1 aliphatic carbocycles. The zero-order valence-corrected chi connectivity index (χ0v) is 18.2. The van der Waals surface area contributed by atoms with Gasteiger partial charge in [0, 0.05) is 57.7 Å². The van der Waals surface area contributed by atoms with Crippen molar-refractivity contribution < 1.29 is 14.0 Å². The minimum absolute atomic E-state index is 0.0421. The number of nitrogens with zero attached hydrogens (tertiary/aromatic N) is 7. The van der Waals surface area contributed by atoms with Crippen LogP contribution in [0.1, 0.15) is 42.1 Å². The van der Waals surface area contributed by atoms with Gasteiger partial charge in [0.15, 0.2) is 5.69 Å². The van der Waals surface area contributed by atoms with E-state index < -0.39 is 0 Å². The molecule has 0 aromatic carbocycles. The molecule has 0 unspecified atom stereocenters. The first kappa shape index (κ1) is 20.9. The van der Waals surface area contributed by atoms with Crippen molar-refractivity contribution >= 4 is 17.8 Å². The van der Waals surface area contributed by atoms with E-state index in [4.69, 9.17) is 4.42 Å². The Morgan fingerprint density at radius 3 is 2.50 bits per heavy atom. The average molecular weight is 440 g/mol. The molecule has 1 saturated carbocycles. The van der Waals surface area contributed by atoms with Crippen LogP contribution in [0.4, 0.5) is 5.95 Å². The van der Waals surface area contributed by atoms with E-state index in [1.54, 1.807) is 17.3 Å². The quantitative estimate of drug-likeness (QED) is 0.681. The number of amides is 2. The molecule has 170 valence electrons. The van der Waals surface area contributed by atoms with Crippen molar-refractivity contribution in [1.82, 2.24) is 29.7 Å². The highest BCUT2D eigenvalue weighted by Gasteiger charge is 2.34. The zero-order valence-electron chi connectivity index (χ0n) is 18.2. The summed E-state index contributed by atoms with van der Waals surface area (Å²) >= 11 is 0. The van der Waals surface area contributed by atoms with Crippen LogP contribution in [0.3, 0.4) is 0 Å². The van der Waals surface area contributed by atoms with Crippen LogP contribution in [0.2, 0.25) is 0 Å². The lowest BCUT2D eigenvalue weighted by Crippen LogP contribution is -2.54. The number of carbonyl (C=O) groups is 2. The van der Waals surface area contributed by atoms with Crippen LogP contribution >= 0.6 is 0 Å². The number of hydrogen-bond donors (Lipinski definition) is 0. The SMILES string of the molecule is O=C(c1coc(CN2CCN(c3ncccn3)CC2)n1)N1CCN(C2CCCC2)C(=O)C1. The van der Waals surface area contributed by atoms with Gasteiger partial charge in [0.1, 0.15) is 12.8 Å². The maximum atomic E-state index is 12.9. The third kappa shape index (κ3) is 4.45. The number of anilines is 1. The van der Waals surface area contributed by atoms with E-state index in [1.807, 2.05) is 11.0 Å². The largest absolute Gasteiger partial charge is 0.447 e. The van der Waals surface area contributed by atoms with E-state index in [-0.39, 0.29) is 24.1 Å². The van der Waals surface area contributed by atoms with E-state index in [0.29, 0.717) is 31.6 Å². The molecule has 10 nitrogen and oxygen atoms in total. The predicted molar refractivity (Wildman–Crippen MR) is 116 cm³/mol. The molecule has 2 amide bonds. The number of aromatic nitrogens is 3. The molecule has 10 heteroatoms. The van der Waals surface area contributed by atoms with Crippen molar-refractivity contribution in [3.63, 3.8) is 0 Å². The standard InChI is InChI=1S/C22H29N7O3/c30-20-15-28(12-13-29(20)17-4-1-2-5-17)21(31)18-16-32-19(25-18)14-26-8-10-27(11-9-26)22-23-6-3-7-24-22/h3,6-7,16-17H,1-2,4-5,8-15H2. The summed E-state index contributed by atoms with van der Waals surface area (Å²) in [7, 11) is 0. The van der Waals surface area contributed by atoms with Crippen LogP contribution in [0.5, 0.6) is 0 Å². The smallest absolute Gasteiger partial charge is 0.276 e. The van der Waals surface area contributed by atoms with Crippen LogP contribution in [0.25, 0.3) is 0 Å². The first-order valence-corrected chi connectivity index (χ1v) is 11.4. The van der Waals surface area contributed by atoms with Gasteiger partial charge in [-0.15, -0.1) is 0 Å². The highest BCUT2D eigenvalue weighted by Crippen LogP contribution is 2.25. The Morgan fingerprint density at radius 2 is 1.78 bits per heavy atom. The van der Waals surface area contributed by atoms with Gasteiger partial charge in [-0.3, -0.25) is 14.5 Å². The van der Waals surface area contributed by atoms with Crippen molar-refractivity contribution in [2.75, 3.05) is 50.7 Å². The van der Waals surface area contributed by atoms with E-state index in [2.05, 4.69) is 24.8 Å². The Bertz CT molecular complexity index is 936. The molecule has 4 heterocycles. The Kier molecular flexibility index (Phi) is 6.02. The van der Waals surface area contributed by atoms with Gasteiger partial charge in [-0.05, 0) is 18.9 Å². The van der Waals surface area contributed by atoms with Crippen molar-refractivity contribution in [2.24, 2.45) is 0 Å². The average Bonchev–Trinajstić information content (AvgIpc) is 3.52.